The third-order valence-corrected chi connectivity index (χ3v) is 5.04. The van der Waals surface area contributed by atoms with Crippen LogP contribution >= 0.6 is 0 Å². The van der Waals surface area contributed by atoms with Crippen LogP contribution in [-0.2, 0) is 12.8 Å². The zero-order valence-corrected chi connectivity index (χ0v) is 12.7. The number of nitrogens with two attached hydrogens (primary N) is 1. The number of anilines is 1. The average molecular weight is 274 g/mol. The minimum Gasteiger partial charge on any atom is -0.308 e. The number of nitrogens with zero attached hydrogens (tertiary/aromatic N) is 2. The molecule has 0 saturated heterocycles. The summed E-state index contributed by atoms with van der Waals surface area (Å²) < 4.78 is 0. The molecule has 0 aliphatic heterocycles. The number of hydrogen-bond acceptors (Lipinski definition) is 4. The monoisotopic (exact) mass is 274 g/mol. The number of nitrogens with one attached hydrogen (secondary N) is 1. The lowest BCUT2D eigenvalue weighted by Crippen LogP contribution is -2.23. The maximum Gasteiger partial charge on any atom is 0.147 e. The van der Waals surface area contributed by atoms with E-state index >= 15 is 0 Å². The summed E-state index contributed by atoms with van der Waals surface area (Å²) in [6, 6.07) is 0. The van der Waals surface area contributed by atoms with Crippen LogP contribution < -0.4 is 11.3 Å². The zero-order chi connectivity index (χ0) is 14.2. The van der Waals surface area contributed by atoms with Gasteiger partial charge in [0.1, 0.15) is 11.6 Å². The Morgan fingerprint density at radius 1 is 1.10 bits per heavy atom. The number of hydrogen-bond donors (Lipinski definition) is 2. The number of aromatic nitrogens is 2. The van der Waals surface area contributed by atoms with Gasteiger partial charge in [0.2, 0.25) is 0 Å². The van der Waals surface area contributed by atoms with Crippen LogP contribution in [0.15, 0.2) is 0 Å². The van der Waals surface area contributed by atoms with Crippen molar-refractivity contribution in [2.75, 3.05) is 5.43 Å². The van der Waals surface area contributed by atoms with E-state index in [1.807, 2.05) is 0 Å². The molecule has 0 spiro atoms. The van der Waals surface area contributed by atoms with Gasteiger partial charge in [0.05, 0.1) is 0 Å². The molecule has 3 rings (SSSR count). The van der Waals surface area contributed by atoms with E-state index in [1.54, 1.807) is 0 Å². The van der Waals surface area contributed by atoms with Gasteiger partial charge in [-0.1, -0.05) is 13.8 Å². The SMILES string of the molecule is CC1(C)CCC(c2nc3c(c(NN)n2)CCCC3)CC1. The van der Waals surface area contributed by atoms with E-state index in [9.17, 15) is 0 Å². The molecule has 2 aliphatic rings. The summed E-state index contributed by atoms with van der Waals surface area (Å²) in [4.78, 5) is 9.62. The lowest BCUT2D eigenvalue weighted by atomic mass is 9.73. The lowest BCUT2D eigenvalue weighted by Gasteiger charge is -2.34. The average Bonchev–Trinajstić information content (AvgIpc) is 2.46. The van der Waals surface area contributed by atoms with Crippen molar-refractivity contribution < 1.29 is 0 Å². The van der Waals surface area contributed by atoms with Gasteiger partial charge >= 0.3 is 0 Å². The van der Waals surface area contributed by atoms with Crippen LogP contribution in [0.4, 0.5) is 5.82 Å². The zero-order valence-electron chi connectivity index (χ0n) is 12.7. The summed E-state index contributed by atoms with van der Waals surface area (Å²) in [5.74, 6) is 8.08. The Hall–Kier alpha value is -1.16. The van der Waals surface area contributed by atoms with Crippen LogP contribution in [-0.4, -0.2) is 9.97 Å². The highest BCUT2D eigenvalue weighted by Crippen LogP contribution is 2.42. The van der Waals surface area contributed by atoms with Crippen molar-refractivity contribution in [3.8, 4) is 0 Å². The molecule has 20 heavy (non-hydrogen) atoms. The van der Waals surface area contributed by atoms with E-state index in [1.165, 1.54) is 49.8 Å². The van der Waals surface area contributed by atoms with Crippen molar-refractivity contribution in [3.05, 3.63) is 17.1 Å². The van der Waals surface area contributed by atoms with E-state index < -0.39 is 0 Å². The second kappa shape index (κ2) is 5.32. The van der Waals surface area contributed by atoms with Gasteiger partial charge in [-0.05, 0) is 56.8 Å². The summed E-state index contributed by atoms with van der Waals surface area (Å²) in [7, 11) is 0. The van der Waals surface area contributed by atoms with Crippen molar-refractivity contribution >= 4 is 5.82 Å². The minimum absolute atomic E-state index is 0.486. The molecule has 2 aliphatic carbocycles. The standard InChI is InChI=1S/C16H26N4/c1-16(2)9-7-11(8-10-16)14-18-13-6-4-3-5-12(13)15(19-14)20-17/h11H,3-10,17H2,1-2H3,(H,18,19,20). The van der Waals surface area contributed by atoms with Crippen LogP contribution in [0.2, 0.25) is 0 Å². The molecule has 0 unspecified atom stereocenters. The molecule has 0 aromatic carbocycles. The molecule has 1 heterocycles. The molecule has 4 heteroatoms. The highest BCUT2D eigenvalue weighted by Gasteiger charge is 2.30. The summed E-state index contributed by atoms with van der Waals surface area (Å²) in [6.07, 6.45) is 9.55. The number of hydrazine groups is 1. The van der Waals surface area contributed by atoms with Crippen LogP contribution in [0.1, 0.15) is 75.4 Å². The molecular weight excluding hydrogens is 248 g/mol. The molecule has 0 radical (unpaired) electrons. The van der Waals surface area contributed by atoms with Crippen LogP contribution in [0, 0.1) is 5.41 Å². The van der Waals surface area contributed by atoms with E-state index in [-0.39, 0.29) is 0 Å². The molecule has 1 fully saturated rings. The van der Waals surface area contributed by atoms with Gasteiger partial charge in [0.25, 0.3) is 0 Å². The van der Waals surface area contributed by atoms with Gasteiger partial charge in [0.15, 0.2) is 0 Å². The fraction of sp³-hybridized carbons (Fsp3) is 0.750. The van der Waals surface area contributed by atoms with Crippen molar-refractivity contribution in [2.45, 2.75) is 71.1 Å². The van der Waals surface area contributed by atoms with Gasteiger partial charge in [-0.25, -0.2) is 15.8 Å². The van der Waals surface area contributed by atoms with Crippen molar-refractivity contribution in [3.63, 3.8) is 0 Å². The highest BCUT2D eigenvalue weighted by atomic mass is 15.3. The second-order valence-corrected chi connectivity index (χ2v) is 7.15. The number of aryl methyl sites for hydroxylation is 1. The maximum absolute atomic E-state index is 5.68. The molecule has 1 saturated carbocycles. The molecule has 0 amide bonds. The Labute approximate surface area is 121 Å². The van der Waals surface area contributed by atoms with Crippen molar-refractivity contribution in [1.82, 2.24) is 9.97 Å². The first kappa shape index (κ1) is 13.8. The molecule has 0 atom stereocenters. The van der Waals surface area contributed by atoms with Gasteiger partial charge in [-0.2, -0.15) is 0 Å². The predicted molar refractivity (Wildman–Crippen MR) is 81.5 cm³/mol. The van der Waals surface area contributed by atoms with Gasteiger partial charge in [-0.15, -0.1) is 0 Å². The molecule has 110 valence electrons. The Balaban J connectivity index is 1.87. The van der Waals surface area contributed by atoms with E-state index in [0.29, 0.717) is 11.3 Å². The quantitative estimate of drug-likeness (QED) is 0.641. The molecule has 1 aromatic rings. The van der Waals surface area contributed by atoms with E-state index in [0.717, 1.165) is 24.5 Å². The summed E-state index contributed by atoms with van der Waals surface area (Å²) in [5, 5.41) is 0. The highest BCUT2D eigenvalue weighted by molar-refractivity contribution is 5.47. The Morgan fingerprint density at radius 3 is 2.50 bits per heavy atom. The van der Waals surface area contributed by atoms with Crippen LogP contribution in [0.5, 0.6) is 0 Å². The van der Waals surface area contributed by atoms with Crippen molar-refractivity contribution in [1.29, 1.82) is 0 Å². The Kier molecular flexibility index (Phi) is 3.67. The first-order valence-electron chi connectivity index (χ1n) is 7.95. The van der Waals surface area contributed by atoms with Crippen LogP contribution in [0.25, 0.3) is 0 Å². The number of rotatable bonds is 2. The third kappa shape index (κ3) is 2.66. The number of nitrogen functional groups attached to an aromatic ring is 1. The first-order chi connectivity index (χ1) is 9.59. The topological polar surface area (TPSA) is 63.8 Å². The van der Waals surface area contributed by atoms with E-state index in [4.69, 9.17) is 15.8 Å². The van der Waals surface area contributed by atoms with E-state index in [2.05, 4.69) is 19.3 Å². The molecule has 1 aromatic heterocycles. The fourth-order valence-electron chi connectivity index (χ4n) is 3.57. The minimum atomic E-state index is 0.486. The summed E-state index contributed by atoms with van der Waals surface area (Å²) in [6.45, 7) is 4.73. The predicted octanol–water partition coefficient (Wildman–Crippen LogP) is 3.32. The van der Waals surface area contributed by atoms with Gasteiger partial charge in [-0.3, -0.25) is 0 Å². The second-order valence-electron chi connectivity index (χ2n) is 7.15. The summed E-state index contributed by atoms with van der Waals surface area (Å²) in [5.41, 5.74) is 5.77. The van der Waals surface area contributed by atoms with Gasteiger partial charge < -0.3 is 5.43 Å². The Bertz CT molecular complexity index is 468. The third-order valence-electron chi connectivity index (χ3n) is 5.04. The fourth-order valence-corrected chi connectivity index (χ4v) is 3.57. The first-order valence-corrected chi connectivity index (χ1v) is 7.95. The number of fused-ring (bicyclic) bond motifs is 1. The Morgan fingerprint density at radius 2 is 1.80 bits per heavy atom. The molecule has 3 N–H and O–H groups in total. The van der Waals surface area contributed by atoms with Crippen LogP contribution in [0.3, 0.4) is 0 Å². The molecule has 0 bridgehead atoms. The lowest BCUT2D eigenvalue weighted by molar-refractivity contribution is 0.220. The van der Waals surface area contributed by atoms with Gasteiger partial charge in [0, 0.05) is 17.2 Å². The molecular formula is C16H26N4. The summed E-state index contributed by atoms with van der Waals surface area (Å²) >= 11 is 0. The maximum atomic E-state index is 5.68. The largest absolute Gasteiger partial charge is 0.308 e. The normalized spacial score (nSPS) is 22.4. The van der Waals surface area contributed by atoms with Crippen molar-refractivity contribution in [2.24, 2.45) is 11.3 Å². The molecule has 4 nitrogen and oxygen atoms in total. The smallest absolute Gasteiger partial charge is 0.147 e.